The Bertz CT molecular complexity index is 1290. The van der Waals surface area contributed by atoms with Gasteiger partial charge in [-0.05, 0) is 62.4 Å². The second-order valence-corrected chi connectivity index (χ2v) is 8.98. The fourth-order valence-corrected chi connectivity index (χ4v) is 4.30. The number of ether oxygens (including phenoxy) is 1. The van der Waals surface area contributed by atoms with Crippen molar-refractivity contribution in [3.63, 3.8) is 0 Å². The van der Waals surface area contributed by atoms with Crippen LogP contribution < -0.4 is 9.64 Å². The van der Waals surface area contributed by atoms with Crippen LogP contribution in [0, 0.1) is 12.3 Å². The molecule has 0 unspecified atom stereocenters. The summed E-state index contributed by atoms with van der Waals surface area (Å²) in [6, 6.07) is 14.5. The molecule has 1 aliphatic heterocycles. The summed E-state index contributed by atoms with van der Waals surface area (Å²) in [6.07, 6.45) is 9.80. The molecule has 0 saturated carbocycles. The molecule has 0 aliphatic carbocycles. The van der Waals surface area contributed by atoms with Crippen LogP contribution in [-0.2, 0) is 13.0 Å². The largest absolute Gasteiger partial charge is 0.492 e. The number of hydrogen-bond donors (Lipinski definition) is 1. The summed E-state index contributed by atoms with van der Waals surface area (Å²) in [5.74, 6) is 4.33. The molecule has 2 aromatic heterocycles. The molecule has 1 fully saturated rings. The highest BCUT2D eigenvalue weighted by Crippen LogP contribution is 2.26. The number of aromatic nitrogens is 5. The van der Waals surface area contributed by atoms with Crippen molar-refractivity contribution in [2.75, 3.05) is 44.7 Å². The number of rotatable bonds is 9. The van der Waals surface area contributed by atoms with Crippen molar-refractivity contribution in [3.8, 4) is 29.5 Å². The lowest BCUT2D eigenvalue weighted by molar-refractivity contribution is 0.290. The first-order valence-corrected chi connectivity index (χ1v) is 12.2. The van der Waals surface area contributed by atoms with E-state index in [1.807, 2.05) is 35.1 Å². The number of piperazine rings is 1. The van der Waals surface area contributed by atoms with Gasteiger partial charge in [-0.1, -0.05) is 5.21 Å². The molecule has 0 radical (unpaired) electrons. The quantitative estimate of drug-likeness (QED) is 0.298. The number of likely N-dealkylation sites (N-methyl/N-ethyl adjacent to an activating group) is 1. The first-order valence-electron chi connectivity index (χ1n) is 12.2. The van der Waals surface area contributed by atoms with Crippen LogP contribution in [0.5, 0.6) is 5.75 Å². The van der Waals surface area contributed by atoms with Crippen molar-refractivity contribution in [1.82, 2.24) is 29.9 Å². The number of imidazole rings is 1. The van der Waals surface area contributed by atoms with Crippen LogP contribution in [-0.4, -0.2) is 69.7 Å². The molecule has 0 atom stereocenters. The number of nitrogens with one attached hydrogen (secondary N) is 1. The number of aryl methyl sites for hydroxylation is 1. The lowest BCUT2D eigenvalue weighted by Crippen LogP contribution is -2.44. The minimum Gasteiger partial charge on any atom is -0.492 e. The third-order valence-electron chi connectivity index (χ3n) is 6.39. The number of anilines is 1. The predicted octanol–water partition coefficient (Wildman–Crippen LogP) is 3.61. The number of nitrogens with zero attached hydrogens (tertiary/aromatic N) is 6. The normalized spacial score (nSPS) is 14.3. The maximum atomic E-state index is 5.90. The molecule has 2 aromatic carbocycles. The van der Waals surface area contributed by atoms with Gasteiger partial charge in [-0.2, -0.15) is 0 Å². The van der Waals surface area contributed by atoms with E-state index >= 15 is 0 Å². The molecule has 1 N–H and O–H groups in total. The molecule has 0 spiro atoms. The lowest BCUT2D eigenvalue weighted by Gasteiger charge is -2.34. The molecule has 180 valence electrons. The molecular formula is C27H31N7O. The Kier molecular flexibility index (Phi) is 6.96. The summed E-state index contributed by atoms with van der Waals surface area (Å²) in [5.41, 5.74) is 5.28. The average Bonchev–Trinajstić information content (AvgIpc) is 3.52. The van der Waals surface area contributed by atoms with Crippen molar-refractivity contribution in [3.05, 3.63) is 54.4 Å². The van der Waals surface area contributed by atoms with Gasteiger partial charge in [0.25, 0.3) is 0 Å². The average molecular weight is 470 g/mol. The lowest BCUT2D eigenvalue weighted by atomic mass is 10.2. The van der Waals surface area contributed by atoms with Crippen molar-refractivity contribution in [1.29, 1.82) is 0 Å². The molecule has 1 aliphatic rings. The summed E-state index contributed by atoms with van der Waals surface area (Å²) in [5, 5.41) is 8.34. The first kappa shape index (κ1) is 22.9. The summed E-state index contributed by atoms with van der Waals surface area (Å²) in [6.45, 7) is 5.45. The molecule has 5 rings (SSSR count). The van der Waals surface area contributed by atoms with Gasteiger partial charge < -0.3 is 19.5 Å². The standard InChI is InChI=1S/C27H31N7O/c1-3-4-5-6-22-20-34(31-30-22)17-18-35-24-10-7-21(8-11-24)27-28-25-12-9-23(19-26(25)29-27)33-15-13-32(2)14-16-33/h1,7-12,19-20H,4-6,13-18H2,2H3,(H,28,29). The number of benzene rings is 2. The second-order valence-electron chi connectivity index (χ2n) is 8.98. The highest BCUT2D eigenvalue weighted by molar-refractivity contribution is 5.83. The van der Waals surface area contributed by atoms with E-state index < -0.39 is 0 Å². The van der Waals surface area contributed by atoms with E-state index in [2.05, 4.69) is 56.3 Å². The minimum atomic E-state index is 0.520. The zero-order valence-electron chi connectivity index (χ0n) is 20.2. The van der Waals surface area contributed by atoms with Gasteiger partial charge in [0.1, 0.15) is 18.2 Å². The topological polar surface area (TPSA) is 75.1 Å². The van der Waals surface area contributed by atoms with Crippen LogP contribution in [0.1, 0.15) is 18.5 Å². The van der Waals surface area contributed by atoms with Gasteiger partial charge >= 0.3 is 0 Å². The van der Waals surface area contributed by atoms with E-state index in [1.54, 1.807) is 0 Å². The molecule has 35 heavy (non-hydrogen) atoms. The van der Waals surface area contributed by atoms with Crippen LogP contribution >= 0.6 is 0 Å². The van der Waals surface area contributed by atoms with Crippen molar-refractivity contribution in [2.24, 2.45) is 0 Å². The smallest absolute Gasteiger partial charge is 0.138 e. The first-order chi connectivity index (χ1) is 17.2. The van der Waals surface area contributed by atoms with Crippen molar-refractivity contribution >= 4 is 16.7 Å². The molecule has 8 nitrogen and oxygen atoms in total. The van der Waals surface area contributed by atoms with Crippen LogP contribution in [0.3, 0.4) is 0 Å². The van der Waals surface area contributed by atoms with Gasteiger partial charge in [-0.25, -0.2) is 9.67 Å². The Hall–Kier alpha value is -3.83. The molecule has 0 bridgehead atoms. The summed E-state index contributed by atoms with van der Waals surface area (Å²) < 4.78 is 7.71. The van der Waals surface area contributed by atoms with E-state index in [4.69, 9.17) is 16.1 Å². The third kappa shape index (κ3) is 5.64. The Balaban J connectivity index is 1.17. The Labute approximate surface area is 205 Å². The number of aromatic amines is 1. The van der Waals surface area contributed by atoms with Crippen LogP contribution in [0.25, 0.3) is 22.4 Å². The predicted molar refractivity (Wildman–Crippen MR) is 139 cm³/mol. The van der Waals surface area contributed by atoms with Crippen molar-refractivity contribution in [2.45, 2.75) is 25.8 Å². The highest BCUT2D eigenvalue weighted by atomic mass is 16.5. The summed E-state index contributed by atoms with van der Waals surface area (Å²) in [4.78, 5) is 13.1. The number of hydrogen-bond acceptors (Lipinski definition) is 6. The number of H-pyrrole nitrogens is 1. The fourth-order valence-electron chi connectivity index (χ4n) is 4.30. The van der Waals surface area contributed by atoms with Gasteiger partial charge in [0, 0.05) is 50.0 Å². The van der Waals surface area contributed by atoms with Gasteiger partial charge in [-0.3, -0.25) is 0 Å². The maximum Gasteiger partial charge on any atom is 0.138 e. The summed E-state index contributed by atoms with van der Waals surface area (Å²) in [7, 11) is 2.18. The highest BCUT2D eigenvalue weighted by Gasteiger charge is 2.15. The molecule has 1 saturated heterocycles. The molecular weight excluding hydrogens is 438 g/mol. The number of fused-ring (bicyclic) bond motifs is 1. The molecule has 0 amide bonds. The zero-order chi connectivity index (χ0) is 24.0. The van der Waals surface area contributed by atoms with Gasteiger partial charge in [0.05, 0.1) is 23.3 Å². The fraction of sp³-hybridized carbons (Fsp3) is 0.370. The SMILES string of the molecule is C#CCCCc1cn(CCOc2ccc(-c3nc4ccc(N5CCN(C)CC5)cc4[nH]3)cc2)nn1. The molecule has 3 heterocycles. The third-order valence-corrected chi connectivity index (χ3v) is 6.39. The Morgan fingerprint density at radius 3 is 2.71 bits per heavy atom. The molecule has 4 aromatic rings. The second kappa shape index (κ2) is 10.6. The van der Waals surface area contributed by atoms with Gasteiger partial charge in [0.2, 0.25) is 0 Å². The van der Waals surface area contributed by atoms with E-state index in [-0.39, 0.29) is 0 Å². The van der Waals surface area contributed by atoms with Gasteiger partial charge in [-0.15, -0.1) is 17.4 Å². The maximum absolute atomic E-state index is 5.90. The zero-order valence-corrected chi connectivity index (χ0v) is 20.2. The minimum absolute atomic E-state index is 0.520. The molecule has 8 heteroatoms. The van der Waals surface area contributed by atoms with Crippen molar-refractivity contribution < 1.29 is 4.74 Å². The van der Waals surface area contributed by atoms with Crippen LogP contribution in [0.2, 0.25) is 0 Å². The monoisotopic (exact) mass is 469 g/mol. The van der Waals surface area contributed by atoms with E-state index in [0.717, 1.165) is 79.3 Å². The van der Waals surface area contributed by atoms with Crippen LogP contribution in [0.15, 0.2) is 48.7 Å². The van der Waals surface area contributed by atoms with Crippen LogP contribution in [0.4, 0.5) is 5.69 Å². The van der Waals surface area contributed by atoms with Gasteiger partial charge in [0.15, 0.2) is 0 Å². The number of terminal acetylenes is 1. The van der Waals surface area contributed by atoms with E-state index in [0.29, 0.717) is 13.2 Å². The number of unbranched alkanes of at least 4 members (excludes halogenated alkanes) is 1. The Morgan fingerprint density at radius 1 is 1.09 bits per heavy atom. The Morgan fingerprint density at radius 2 is 1.91 bits per heavy atom. The van der Waals surface area contributed by atoms with E-state index in [9.17, 15) is 0 Å². The van der Waals surface area contributed by atoms with E-state index in [1.165, 1.54) is 5.69 Å². The summed E-state index contributed by atoms with van der Waals surface area (Å²) >= 11 is 0.